The molecule has 1 N–H and O–H groups in total. The van der Waals surface area contributed by atoms with E-state index in [1.54, 1.807) is 0 Å². The first-order chi connectivity index (χ1) is 7.07. The molecule has 1 fully saturated rings. The number of hydrogen-bond donors (Lipinski definition) is 1. The molecule has 0 aliphatic heterocycles. The maximum absolute atomic E-state index is 10.4. The fourth-order valence-corrected chi connectivity index (χ4v) is 2.77. The first-order valence-corrected chi connectivity index (χ1v) is 6.34. The first kappa shape index (κ1) is 11.2. The summed E-state index contributed by atoms with van der Waals surface area (Å²) in [5.74, 6) is 0.672. The van der Waals surface area contributed by atoms with Gasteiger partial charge in [-0.25, -0.2) is 0 Å². The molecule has 2 rings (SSSR count). The molecule has 0 radical (unpaired) electrons. The highest BCUT2D eigenvalue weighted by molar-refractivity contribution is 9.10. The van der Waals surface area contributed by atoms with Crippen molar-refractivity contribution in [2.24, 2.45) is 5.92 Å². The summed E-state index contributed by atoms with van der Waals surface area (Å²) in [7, 11) is 0. The first-order valence-electron chi connectivity index (χ1n) is 5.54. The van der Waals surface area contributed by atoms with Gasteiger partial charge in [-0.3, -0.25) is 0 Å². The summed E-state index contributed by atoms with van der Waals surface area (Å²) in [6, 6.07) is 8.25. The Hall–Kier alpha value is -0.340. The fraction of sp³-hybridized carbons (Fsp3) is 0.538. The van der Waals surface area contributed by atoms with Crippen LogP contribution in [0.5, 0.6) is 0 Å². The Labute approximate surface area is 99.6 Å². The zero-order chi connectivity index (χ0) is 10.9. The zero-order valence-electron chi connectivity index (χ0n) is 9.04. The molecule has 1 aliphatic carbocycles. The van der Waals surface area contributed by atoms with Gasteiger partial charge in [0.2, 0.25) is 0 Å². The molecule has 15 heavy (non-hydrogen) atoms. The van der Waals surface area contributed by atoms with Gasteiger partial charge in [0.15, 0.2) is 0 Å². The van der Waals surface area contributed by atoms with Crippen molar-refractivity contribution in [1.29, 1.82) is 0 Å². The topological polar surface area (TPSA) is 20.2 Å². The van der Waals surface area contributed by atoms with E-state index in [4.69, 9.17) is 0 Å². The summed E-state index contributed by atoms with van der Waals surface area (Å²) >= 11 is 3.42. The molecule has 0 bridgehead atoms. The van der Waals surface area contributed by atoms with E-state index in [1.165, 1.54) is 5.56 Å². The lowest BCUT2D eigenvalue weighted by atomic mass is 9.92. The number of aliphatic hydroxyl groups is 1. The van der Waals surface area contributed by atoms with Crippen molar-refractivity contribution < 1.29 is 5.11 Å². The Balaban J connectivity index is 2.05. The summed E-state index contributed by atoms with van der Waals surface area (Å²) in [5.41, 5.74) is 0.780. The van der Waals surface area contributed by atoms with Crippen LogP contribution in [0.4, 0.5) is 0 Å². The maximum Gasteiger partial charge on any atom is 0.0690 e. The molecule has 82 valence electrons. The maximum atomic E-state index is 10.4. The summed E-state index contributed by atoms with van der Waals surface area (Å²) in [5, 5.41) is 10.4. The Morgan fingerprint density at radius 1 is 1.40 bits per heavy atom. The molecule has 1 aromatic carbocycles. The van der Waals surface area contributed by atoms with Crippen LogP contribution < -0.4 is 0 Å². The predicted molar refractivity (Wildman–Crippen MR) is 65.8 cm³/mol. The molecular formula is C13H17BrO. The van der Waals surface area contributed by atoms with E-state index in [1.807, 2.05) is 12.1 Å². The van der Waals surface area contributed by atoms with Crippen LogP contribution in [0.15, 0.2) is 28.7 Å². The SMILES string of the molecule is CC1CCC(O)(Cc2ccc(Br)cc2)C1. The van der Waals surface area contributed by atoms with Crippen molar-refractivity contribution in [3.8, 4) is 0 Å². The van der Waals surface area contributed by atoms with Crippen molar-refractivity contribution in [3.05, 3.63) is 34.3 Å². The molecule has 1 aromatic rings. The average molecular weight is 269 g/mol. The van der Waals surface area contributed by atoms with Gasteiger partial charge in [-0.15, -0.1) is 0 Å². The molecule has 0 spiro atoms. The standard InChI is InChI=1S/C13H17BrO/c1-10-6-7-13(15,8-10)9-11-2-4-12(14)5-3-11/h2-5,10,15H,6-9H2,1H3. The second-order valence-corrected chi connectivity index (χ2v) is 5.79. The van der Waals surface area contributed by atoms with Gasteiger partial charge in [-0.05, 0) is 42.9 Å². The Kier molecular flexibility index (Phi) is 3.17. The largest absolute Gasteiger partial charge is 0.390 e. The highest BCUT2D eigenvalue weighted by Gasteiger charge is 2.35. The van der Waals surface area contributed by atoms with Gasteiger partial charge >= 0.3 is 0 Å². The number of halogens is 1. The van der Waals surface area contributed by atoms with Gasteiger partial charge in [0.25, 0.3) is 0 Å². The smallest absolute Gasteiger partial charge is 0.0690 e. The minimum atomic E-state index is -0.451. The Morgan fingerprint density at radius 3 is 2.60 bits per heavy atom. The average Bonchev–Trinajstić information content (AvgIpc) is 2.50. The molecule has 0 heterocycles. The van der Waals surface area contributed by atoms with E-state index >= 15 is 0 Å². The van der Waals surface area contributed by atoms with E-state index in [0.29, 0.717) is 5.92 Å². The molecule has 0 amide bonds. The van der Waals surface area contributed by atoms with Crippen molar-refractivity contribution >= 4 is 15.9 Å². The van der Waals surface area contributed by atoms with Crippen molar-refractivity contribution in [2.75, 3.05) is 0 Å². The third-order valence-electron chi connectivity index (χ3n) is 3.28. The van der Waals surface area contributed by atoms with Gasteiger partial charge < -0.3 is 5.11 Å². The lowest BCUT2D eigenvalue weighted by molar-refractivity contribution is 0.0446. The van der Waals surface area contributed by atoms with E-state index in [-0.39, 0.29) is 0 Å². The molecule has 0 saturated heterocycles. The summed E-state index contributed by atoms with van der Waals surface area (Å²) in [6.07, 6.45) is 3.85. The van der Waals surface area contributed by atoms with Crippen molar-refractivity contribution in [3.63, 3.8) is 0 Å². The van der Waals surface area contributed by atoms with Crippen LogP contribution in [0, 0.1) is 5.92 Å². The molecule has 1 aliphatic rings. The summed E-state index contributed by atoms with van der Waals surface area (Å²) in [6.45, 7) is 2.22. The van der Waals surface area contributed by atoms with Crippen LogP contribution in [-0.2, 0) is 6.42 Å². The quantitative estimate of drug-likeness (QED) is 0.870. The van der Waals surface area contributed by atoms with E-state index in [2.05, 4.69) is 35.0 Å². The molecule has 1 saturated carbocycles. The van der Waals surface area contributed by atoms with Crippen molar-refractivity contribution in [2.45, 2.75) is 38.2 Å². The molecule has 2 atom stereocenters. The number of benzene rings is 1. The predicted octanol–water partition coefficient (Wildman–Crippen LogP) is 3.54. The second-order valence-electron chi connectivity index (χ2n) is 4.88. The van der Waals surface area contributed by atoms with Gasteiger partial charge in [-0.2, -0.15) is 0 Å². The molecule has 2 unspecified atom stereocenters. The molecule has 2 heteroatoms. The minimum Gasteiger partial charge on any atom is -0.390 e. The highest BCUT2D eigenvalue weighted by Crippen LogP contribution is 2.36. The van der Waals surface area contributed by atoms with Gasteiger partial charge in [-0.1, -0.05) is 35.0 Å². The van der Waals surface area contributed by atoms with Crippen LogP contribution in [0.25, 0.3) is 0 Å². The Morgan fingerprint density at radius 2 is 2.07 bits per heavy atom. The van der Waals surface area contributed by atoms with Gasteiger partial charge in [0.05, 0.1) is 5.60 Å². The minimum absolute atomic E-state index is 0.451. The molecule has 1 nitrogen and oxygen atoms in total. The number of hydrogen-bond acceptors (Lipinski definition) is 1. The number of rotatable bonds is 2. The van der Waals surface area contributed by atoms with Crippen LogP contribution in [-0.4, -0.2) is 10.7 Å². The fourth-order valence-electron chi connectivity index (χ4n) is 2.51. The molecular weight excluding hydrogens is 252 g/mol. The lowest BCUT2D eigenvalue weighted by Gasteiger charge is -2.22. The Bertz CT molecular complexity index is 333. The normalized spacial score (nSPS) is 30.7. The van der Waals surface area contributed by atoms with E-state index in [9.17, 15) is 5.11 Å². The second kappa shape index (κ2) is 4.26. The summed E-state index contributed by atoms with van der Waals surface area (Å²) < 4.78 is 1.10. The summed E-state index contributed by atoms with van der Waals surface area (Å²) in [4.78, 5) is 0. The third-order valence-corrected chi connectivity index (χ3v) is 3.81. The van der Waals surface area contributed by atoms with Crippen LogP contribution in [0.1, 0.15) is 31.7 Å². The van der Waals surface area contributed by atoms with Crippen LogP contribution >= 0.6 is 15.9 Å². The van der Waals surface area contributed by atoms with Gasteiger partial charge in [0, 0.05) is 10.9 Å². The highest BCUT2D eigenvalue weighted by atomic mass is 79.9. The van der Waals surface area contributed by atoms with Crippen molar-refractivity contribution in [1.82, 2.24) is 0 Å². The molecule has 0 aromatic heterocycles. The van der Waals surface area contributed by atoms with E-state index < -0.39 is 5.60 Å². The van der Waals surface area contributed by atoms with Gasteiger partial charge in [0.1, 0.15) is 0 Å². The monoisotopic (exact) mass is 268 g/mol. The zero-order valence-corrected chi connectivity index (χ0v) is 10.6. The van der Waals surface area contributed by atoms with Crippen LogP contribution in [0.3, 0.4) is 0 Å². The third kappa shape index (κ3) is 2.82. The van der Waals surface area contributed by atoms with E-state index in [0.717, 1.165) is 30.2 Å². The van der Waals surface area contributed by atoms with Crippen LogP contribution in [0.2, 0.25) is 0 Å². The lowest BCUT2D eigenvalue weighted by Crippen LogP contribution is -2.27.